The van der Waals surface area contributed by atoms with Crippen LogP contribution in [-0.2, 0) is 4.79 Å². The molecule has 2 rings (SSSR count). The number of hydrogen-bond acceptors (Lipinski definition) is 2. The summed E-state index contributed by atoms with van der Waals surface area (Å²) in [6, 6.07) is 7.99. The van der Waals surface area contributed by atoms with Gasteiger partial charge in [-0.25, -0.2) is 0 Å². The maximum atomic E-state index is 11.3. The van der Waals surface area contributed by atoms with E-state index in [9.17, 15) is 9.90 Å². The first kappa shape index (κ1) is 12.6. The smallest absolute Gasteiger partial charge is 0.308 e. The summed E-state index contributed by atoms with van der Waals surface area (Å²) in [5.41, 5.74) is 1.12. The summed E-state index contributed by atoms with van der Waals surface area (Å²) in [5.74, 6) is -0.856. The molecule has 0 amide bonds. The number of likely N-dealkylation sites (N-methyl/N-ethyl adjacent to an activating group) is 1. The molecule has 1 aromatic rings. The fourth-order valence-electron chi connectivity index (χ4n) is 2.44. The van der Waals surface area contributed by atoms with Gasteiger partial charge >= 0.3 is 5.97 Å². The zero-order valence-corrected chi connectivity index (χ0v) is 11.4. The summed E-state index contributed by atoms with van der Waals surface area (Å²) in [5, 5.41) is 9.28. The van der Waals surface area contributed by atoms with Crippen LogP contribution in [0.4, 0.5) is 0 Å². The van der Waals surface area contributed by atoms with Gasteiger partial charge in [-0.15, -0.1) is 0 Å². The Morgan fingerprint density at radius 1 is 1.41 bits per heavy atom. The Kier molecular flexibility index (Phi) is 3.84. The number of carbonyl (C=O) groups is 1. The van der Waals surface area contributed by atoms with Gasteiger partial charge in [0.15, 0.2) is 0 Å². The average Bonchev–Trinajstić information content (AvgIpc) is 2.74. The van der Waals surface area contributed by atoms with Crippen molar-refractivity contribution < 1.29 is 9.90 Å². The Labute approximate surface area is 110 Å². The van der Waals surface area contributed by atoms with Crippen LogP contribution in [0.5, 0.6) is 0 Å². The van der Waals surface area contributed by atoms with Crippen molar-refractivity contribution in [2.45, 2.75) is 12.8 Å². The van der Waals surface area contributed by atoms with Gasteiger partial charge in [0.25, 0.3) is 0 Å². The van der Waals surface area contributed by atoms with Crippen LogP contribution in [0.25, 0.3) is 0 Å². The first-order valence-corrected chi connectivity index (χ1v) is 6.61. The molecule has 1 saturated heterocycles. The van der Waals surface area contributed by atoms with Crippen molar-refractivity contribution in [1.82, 2.24) is 4.90 Å². The fraction of sp³-hybridized carbons (Fsp3) is 0.462. The van der Waals surface area contributed by atoms with Crippen molar-refractivity contribution in [2.75, 3.05) is 19.6 Å². The Balaban J connectivity index is 2.23. The lowest BCUT2D eigenvalue weighted by atomic mass is 9.89. The summed E-state index contributed by atoms with van der Waals surface area (Å²) in [7, 11) is 0. The largest absolute Gasteiger partial charge is 0.481 e. The Bertz CT molecular complexity index is 404. The van der Waals surface area contributed by atoms with Crippen LogP contribution in [0.1, 0.15) is 18.4 Å². The molecule has 92 valence electrons. The molecule has 0 saturated carbocycles. The fourth-order valence-corrected chi connectivity index (χ4v) is 2.71. The molecule has 1 heterocycles. The first-order valence-electron chi connectivity index (χ1n) is 5.82. The predicted molar refractivity (Wildman–Crippen MR) is 70.1 cm³/mol. The van der Waals surface area contributed by atoms with Gasteiger partial charge in [-0.2, -0.15) is 0 Å². The van der Waals surface area contributed by atoms with Crippen molar-refractivity contribution in [3.05, 3.63) is 34.3 Å². The van der Waals surface area contributed by atoms with Crippen LogP contribution in [0.3, 0.4) is 0 Å². The molecule has 3 nitrogen and oxygen atoms in total. The second-order valence-electron chi connectivity index (χ2n) is 4.45. The van der Waals surface area contributed by atoms with Crippen molar-refractivity contribution in [3.63, 3.8) is 0 Å². The molecule has 1 N–H and O–H groups in total. The maximum absolute atomic E-state index is 11.3. The second-order valence-corrected chi connectivity index (χ2v) is 5.37. The topological polar surface area (TPSA) is 40.5 Å². The van der Waals surface area contributed by atoms with Crippen LogP contribution in [-0.4, -0.2) is 35.6 Å². The number of halogens is 1. The monoisotopic (exact) mass is 297 g/mol. The number of benzene rings is 1. The quantitative estimate of drug-likeness (QED) is 0.932. The van der Waals surface area contributed by atoms with Gasteiger partial charge in [-0.05, 0) is 24.2 Å². The number of rotatable bonds is 3. The molecular formula is C13H16BrNO2. The van der Waals surface area contributed by atoms with Crippen molar-refractivity contribution >= 4 is 21.9 Å². The Morgan fingerprint density at radius 3 is 2.59 bits per heavy atom. The Hall–Kier alpha value is -0.870. The molecular weight excluding hydrogens is 282 g/mol. The number of likely N-dealkylation sites (tertiary alicyclic amines) is 1. The number of carboxylic acid groups (broad SMARTS) is 1. The molecule has 4 heteroatoms. The first-order chi connectivity index (χ1) is 8.11. The van der Waals surface area contributed by atoms with Gasteiger partial charge in [0, 0.05) is 23.5 Å². The second kappa shape index (κ2) is 5.19. The zero-order valence-electron chi connectivity index (χ0n) is 9.77. The van der Waals surface area contributed by atoms with E-state index >= 15 is 0 Å². The Morgan fingerprint density at radius 2 is 2.06 bits per heavy atom. The van der Waals surface area contributed by atoms with E-state index in [1.54, 1.807) is 0 Å². The van der Waals surface area contributed by atoms with E-state index in [2.05, 4.69) is 27.8 Å². The van der Waals surface area contributed by atoms with Crippen LogP contribution in [0.2, 0.25) is 0 Å². The van der Waals surface area contributed by atoms with E-state index in [-0.39, 0.29) is 11.8 Å². The summed E-state index contributed by atoms with van der Waals surface area (Å²) in [6.45, 7) is 4.49. The third-order valence-corrected chi connectivity index (χ3v) is 3.99. The van der Waals surface area contributed by atoms with E-state index in [1.807, 2.05) is 24.3 Å². The lowest BCUT2D eigenvalue weighted by molar-refractivity contribution is -0.141. The molecule has 0 spiro atoms. The number of hydrogen-bond donors (Lipinski definition) is 1. The van der Waals surface area contributed by atoms with Crippen molar-refractivity contribution in [3.8, 4) is 0 Å². The third-order valence-electron chi connectivity index (χ3n) is 3.46. The van der Waals surface area contributed by atoms with E-state index in [0.717, 1.165) is 23.1 Å². The SMILES string of the molecule is CCN1CC(C(=O)O)C(c2ccc(Br)cc2)C1. The van der Waals surface area contributed by atoms with Gasteiger partial charge < -0.3 is 10.0 Å². The third kappa shape index (κ3) is 2.69. The highest BCUT2D eigenvalue weighted by Crippen LogP contribution is 2.33. The molecule has 1 aromatic carbocycles. The minimum absolute atomic E-state index is 0.112. The van der Waals surface area contributed by atoms with Crippen molar-refractivity contribution in [2.24, 2.45) is 5.92 Å². The molecule has 0 aliphatic carbocycles. The van der Waals surface area contributed by atoms with Crippen LogP contribution < -0.4 is 0 Å². The van der Waals surface area contributed by atoms with E-state index in [0.29, 0.717) is 6.54 Å². The van der Waals surface area contributed by atoms with Gasteiger partial charge in [-0.1, -0.05) is 35.0 Å². The minimum Gasteiger partial charge on any atom is -0.481 e. The molecule has 1 fully saturated rings. The van der Waals surface area contributed by atoms with Gasteiger partial charge in [0.1, 0.15) is 0 Å². The summed E-state index contributed by atoms with van der Waals surface area (Å²) >= 11 is 3.40. The van der Waals surface area contributed by atoms with Gasteiger partial charge in [0.2, 0.25) is 0 Å². The van der Waals surface area contributed by atoms with E-state index in [4.69, 9.17) is 0 Å². The summed E-state index contributed by atoms with van der Waals surface area (Å²) in [6.07, 6.45) is 0. The summed E-state index contributed by atoms with van der Waals surface area (Å²) in [4.78, 5) is 13.5. The van der Waals surface area contributed by atoms with Gasteiger partial charge in [-0.3, -0.25) is 4.79 Å². The summed E-state index contributed by atoms with van der Waals surface area (Å²) < 4.78 is 1.03. The van der Waals surface area contributed by atoms with E-state index < -0.39 is 5.97 Å². The van der Waals surface area contributed by atoms with Crippen LogP contribution in [0.15, 0.2) is 28.7 Å². The highest BCUT2D eigenvalue weighted by Gasteiger charge is 2.37. The predicted octanol–water partition coefficient (Wildman–Crippen LogP) is 2.57. The molecule has 0 bridgehead atoms. The standard InChI is InChI=1S/C13H16BrNO2/c1-2-15-7-11(12(8-15)13(16)17)9-3-5-10(14)6-4-9/h3-6,11-12H,2,7-8H2,1H3,(H,16,17). The zero-order chi connectivity index (χ0) is 12.4. The highest BCUT2D eigenvalue weighted by molar-refractivity contribution is 9.10. The number of carboxylic acids is 1. The highest BCUT2D eigenvalue weighted by atomic mass is 79.9. The molecule has 1 aliphatic heterocycles. The molecule has 17 heavy (non-hydrogen) atoms. The molecule has 0 aromatic heterocycles. The molecule has 2 atom stereocenters. The molecule has 2 unspecified atom stereocenters. The lowest BCUT2D eigenvalue weighted by Gasteiger charge is -2.15. The van der Waals surface area contributed by atoms with Crippen LogP contribution >= 0.6 is 15.9 Å². The van der Waals surface area contributed by atoms with Crippen LogP contribution in [0, 0.1) is 5.92 Å². The number of nitrogens with zero attached hydrogens (tertiary/aromatic N) is 1. The normalized spacial score (nSPS) is 25.1. The molecule has 0 radical (unpaired) electrons. The van der Waals surface area contributed by atoms with Gasteiger partial charge in [0.05, 0.1) is 5.92 Å². The minimum atomic E-state index is -0.686. The number of aliphatic carboxylic acids is 1. The maximum Gasteiger partial charge on any atom is 0.308 e. The van der Waals surface area contributed by atoms with Crippen molar-refractivity contribution in [1.29, 1.82) is 0 Å². The van der Waals surface area contributed by atoms with E-state index in [1.165, 1.54) is 0 Å². The average molecular weight is 298 g/mol. The molecule has 1 aliphatic rings. The lowest BCUT2D eigenvalue weighted by Crippen LogP contribution is -2.23.